The number of aliphatic imine (C=N–C) groups is 4. The SMILES string of the molecule is C1=CC2=NC(c3cccc(C4=NC5C=CC=CC5=N4)n3)=NC2C=C1.[Cl-].[Cl-].[Co+2]. The number of hydrogen-bond acceptors (Lipinski definition) is 5. The van der Waals surface area contributed by atoms with E-state index in [0.717, 1.165) is 22.8 Å². The maximum Gasteiger partial charge on any atom is 2.00 e. The van der Waals surface area contributed by atoms with E-state index in [2.05, 4.69) is 25.0 Å². The van der Waals surface area contributed by atoms with Gasteiger partial charge in [0.2, 0.25) is 0 Å². The van der Waals surface area contributed by atoms with E-state index >= 15 is 0 Å². The zero-order valence-corrected chi connectivity index (χ0v) is 16.4. The number of pyridine rings is 1. The van der Waals surface area contributed by atoms with Gasteiger partial charge in [-0.3, -0.25) is 9.98 Å². The fraction of sp³-hybridized carbons (Fsp3) is 0.105. The molecule has 0 saturated carbocycles. The summed E-state index contributed by atoms with van der Waals surface area (Å²) in [6.45, 7) is 0. The first-order valence-electron chi connectivity index (χ1n) is 7.87. The van der Waals surface area contributed by atoms with Crippen LogP contribution >= 0.6 is 0 Å². The van der Waals surface area contributed by atoms with E-state index in [9.17, 15) is 0 Å². The predicted octanol–water partition coefficient (Wildman–Crippen LogP) is -3.52. The number of hydrogen-bond donors (Lipinski definition) is 0. The Hall–Kier alpha value is -2.12. The van der Waals surface area contributed by atoms with Gasteiger partial charge in [-0.25, -0.2) is 15.0 Å². The molecule has 1 radical (unpaired) electrons. The van der Waals surface area contributed by atoms with Crippen molar-refractivity contribution in [3.8, 4) is 0 Å². The van der Waals surface area contributed by atoms with Crippen molar-refractivity contribution < 1.29 is 41.6 Å². The molecule has 0 N–H and O–H groups in total. The summed E-state index contributed by atoms with van der Waals surface area (Å²) in [5, 5.41) is 0. The summed E-state index contributed by atoms with van der Waals surface area (Å²) >= 11 is 0. The minimum absolute atomic E-state index is 0. The number of allylic oxidation sites excluding steroid dienone is 4. The van der Waals surface area contributed by atoms with Gasteiger partial charge in [0.25, 0.3) is 0 Å². The summed E-state index contributed by atoms with van der Waals surface area (Å²) in [5.74, 6) is 1.33. The molecule has 2 unspecified atom stereocenters. The molecule has 27 heavy (non-hydrogen) atoms. The Morgan fingerprint density at radius 3 is 1.59 bits per heavy atom. The van der Waals surface area contributed by atoms with Gasteiger partial charge in [0.05, 0.1) is 11.4 Å². The van der Waals surface area contributed by atoms with Crippen LogP contribution in [0.1, 0.15) is 11.4 Å². The van der Waals surface area contributed by atoms with Crippen LogP contribution in [0.25, 0.3) is 0 Å². The van der Waals surface area contributed by atoms with Crippen LogP contribution in [-0.2, 0) is 16.8 Å². The second-order valence-electron chi connectivity index (χ2n) is 5.76. The number of aromatic nitrogens is 1. The molecule has 0 amide bonds. The number of fused-ring (bicyclic) bond motifs is 2. The van der Waals surface area contributed by atoms with E-state index in [1.807, 2.05) is 66.8 Å². The van der Waals surface area contributed by atoms with Crippen LogP contribution in [0.15, 0.2) is 86.8 Å². The Labute approximate surface area is 179 Å². The standard InChI is InChI=1S/C19H13N5.2ClH.Co/c1-2-7-13-12(6-1)21-18(22-13)16-10-5-11-17(20-16)19-23-14-8-3-4-9-15(14)24-19;;;/h1-12,14H;2*1H;/q;;;+2/p-2. The Morgan fingerprint density at radius 1 is 0.667 bits per heavy atom. The summed E-state index contributed by atoms with van der Waals surface area (Å²) < 4.78 is 0. The summed E-state index contributed by atoms with van der Waals surface area (Å²) in [7, 11) is 0. The maximum absolute atomic E-state index is 4.68. The molecule has 4 aliphatic rings. The molecule has 2 atom stereocenters. The minimum Gasteiger partial charge on any atom is -1.00 e. The van der Waals surface area contributed by atoms with E-state index < -0.39 is 0 Å². The van der Waals surface area contributed by atoms with Crippen LogP contribution in [0.5, 0.6) is 0 Å². The third kappa shape index (κ3) is 3.94. The van der Waals surface area contributed by atoms with Crippen molar-refractivity contribution in [2.45, 2.75) is 12.1 Å². The van der Waals surface area contributed by atoms with Gasteiger partial charge in [-0.05, 0) is 24.3 Å². The molecule has 2 aliphatic heterocycles. The molecule has 0 fully saturated rings. The van der Waals surface area contributed by atoms with Gasteiger partial charge in [-0.15, -0.1) is 0 Å². The molecule has 1 aromatic rings. The molecule has 137 valence electrons. The average molecular weight is 441 g/mol. The monoisotopic (exact) mass is 440 g/mol. The van der Waals surface area contributed by atoms with Crippen LogP contribution in [-0.4, -0.2) is 40.2 Å². The van der Waals surface area contributed by atoms with Gasteiger partial charge >= 0.3 is 16.8 Å². The summed E-state index contributed by atoms with van der Waals surface area (Å²) in [6, 6.07) is 5.82. The molecule has 0 spiro atoms. The second kappa shape index (κ2) is 8.71. The van der Waals surface area contributed by atoms with Gasteiger partial charge in [0, 0.05) is 0 Å². The van der Waals surface area contributed by atoms with Crippen LogP contribution in [0.2, 0.25) is 0 Å². The van der Waals surface area contributed by atoms with Gasteiger partial charge in [-0.2, -0.15) is 0 Å². The first-order chi connectivity index (χ1) is 11.9. The van der Waals surface area contributed by atoms with E-state index in [1.54, 1.807) is 0 Å². The summed E-state index contributed by atoms with van der Waals surface area (Å²) in [6.07, 6.45) is 16.0. The molecule has 0 bridgehead atoms. The first-order valence-corrected chi connectivity index (χ1v) is 7.87. The van der Waals surface area contributed by atoms with Crippen molar-refractivity contribution in [1.29, 1.82) is 0 Å². The molecule has 2 aliphatic carbocycles. The Balaban J connectivity index is 0.000000871. The number of nitrogens with zero attached hydrogens (tertiary/aromatic N) is 5. The second-order valence-corrected chi connectivity index (χ2v) is 5.76. The molecule has 1 aromatic heterocycles. The molecular weight excluding hydrogens is 428 g/mol. The topological polar surface area (TPSA) is 62.3 Å². The molecule has 5 nitrogen and oxygen atoms in total. The largest absolute Gasteiger partial charge is 2.00 e. The maximum atomic E-state index is 4.68. The van der Waals surface area contributed by atoms with Crippen LogP contribution in [0.4, 0.5) is 0 Å². The Kier molecular flexibility index (Phi) is 6.83. The smallest absolute Gasteiger partial charge is 1.00 e. The molecule has 0 saturated heterocycles. The van der Waals surface area contributed by atoms with Crippen LogP contribution < -0.4 is 24.8 Å². The van der Waals surface area contributed by atoms with Crippen molar-refractivity contribution in [1.82, 2.24) is 4.98 Å². The third-order valence-corrected chi connectivity index (χ3v) is 4.15. The fourth-order valence-electron chi connectivity index (χ4n) is 2.96. The van der Waals surface area contributed by atoms with Crippen molar-refractivity contribution in [3.05, 3.63) is 78.2 Å². The Bertz CT molecular complexity index is 910. The van der Waals surface area contributed by atoms with Crippen LogP contribution in [0, 0.1) is 0 Å². The van der Waals surface area contributed by atoms with Gasteiger partial charge < -0.3 is 24.8 Å². The first kappa shape index (κ1) is 21.2. The molecule has 3 heterocycles. The average Bonchev–Trinajstić information content (AvgIpc) is 3.26. The molecule has 8 heteroatoms. The fourth-order valence-corrected chi connectivity index (χ4v) is 2.96. The zero-order valence-electron chi connectivity index (χ0n) is 13.8. The van der Waals surface area contributed by atoms with E-state index in [-0.39, 0.29) is 53.7 Å². The van der Waals surface area contributed by atoms with Crippen molar-refractivity contribution in [3.63, 3.8) is 0 Å². The van der Waals surface area contributed by atoms with E-state index in [4.69, 9.17) is 0 Å². The number of amidine groups is 2. The minimum atomic E-state index is 0. The van der Waals surface area contributed by atoms with Gasteiger partial charge in [0.1, 0.15) is 23.5 Å². The number of rotatable bonds is 2. The quantitative estimate of drug-likeness (QED) is 0.470. The zero-order chi connectivity index (χ0) is 15.9. The van der Waals surface area contributed by atoms with E-state index in [1.165, 1.54) is 0 Å². The molecular formula is C19H13Cl2CoN5. The molecule has 0 aromatic carbocycles. The third-order valence-electron chi connectivity index (χ3n) is 4.15. The van der Waals surface area contributed by atoms with Crippen molar-refractivity contribution in [2.75, 3.05) is 0 Å². The normalized spacial score (nSPS) is 23.0. The van der Waals surface area contributed by atoms with E-state index in [0.29, 0.717) is 11.7 Å². The van der Waals surface area contributed by atoms with Crippen LogP contribution in [0.3, 0.4) is 0 Å². The summed E-state index contributed by atoms with van der Waals surface area (Å²) in [5.41, 5.74) is 3.42. The predicted molar refractivity (Wildman–Crippen MR) is 96.3 cm³/mol. The number of halogens is 2. The molecule has 5 rings (SSSR count). The van der Waals surface area contributed by atoms with Gasteiger partial charge in [-0.1, -0.05) is 42.5 Å². The van der Waals surface area contributed by atoms with Crippen molar-refractivity contribution >= 4 is 23.1 Å². The van der Waals surface area contributed by atoms with Gasteiger partial charge in [0.15, 0.2) is 11.7 Å². The summed E-state index contributed by atoms with van der Waals surface area (Å²) in [4.78, 5) is 23.1. The Morgan fingerprint density at radius 2 is 1.15 bits per heavy atom. The van der Waals surface area contributed by atoms with Crippen molar-refractivity contribution in [2.24, 2.45) is 20.0 Å².